The topological polar surface area (TPSA) is 77.5 Å². The quantitative estimate of drug-likeness (QED) is 0.708. The maximum atomic E-state index is 14.8. The van der Waals surface area contributed by atoms with Crippen LogP contribution in [0.2, 0.25) is 0 Å². The molecule has 8 heteroatoms. The Hall–Kier alpha value is -2.68. The van der Waals surface area contributed by atoms with Crippen LogP contribution in [0.15, 0.2) is 48.5 Å². The van der Waals surface area contributed by atoms with Gasteiger partial charge in [0, 0.05) is 31.6 Å². The van der Waals surface area contributed by atoms with Crippen molar-refractivity contribution in [1.82, 2.24) is 4.90 Å². The smallest absolute Gasteiger partial charge is 0.410 e. The van der Waals surface area contributed by atoms with Gasteiger partial charge in [-0.2, -0.15) is 0 Å². The van der Waals surface area contributed by atoms with E-state index in [0.29, 0.717) is 5.75 Å². The zero-order valence-electron chi connectivity index (χ0n) is 17.3. The molecule has 0 radical (unpaired) electrons. The summed E-state index contributed by atoms with van der Waals surface area (Å²) in [5.41, 5.74) is -0.339. The summed E-state index contributed by atoms with van der Waals surface area (Å²) in [7, 11) is 1.48. The van der Waals surface area contributed by atoms with Crippen molar-refractivity contribution in [3.05, 3.63) is 65.5 Å². The first-order chi connectivity index (χ1) is 15.0. The van der Waals surface area contributed by atoms with Gasteiger partial charge in [-0.3, -0.25) is 4.90 Å². The molecule has 0 saturated carbocycles. The zero-order valence-corrected chi connectivity index (χ0v) is 17.3. The Morgan fingerprint density at radius 2 is 1.90 bits per heavy atom. The number of halogens is 1. The molecule has 0 spiro atoms. The number of amides is 1. The molecule has 166 valence electrons. The van der Waals surface area contributed by atoms with Gasteiger partial charge >= 0.3 is 6.09 Å². The second kappa shape index (κ2) is 9.21. The minimum absolute atomic E-state index is 0.00456. The van der Waals surface area contributed by atoms with Crippen molar-refractivity contribution in [2.45, 2.75) is 37.1 Å². The largest absolute Gasteiger partial charge is 0.467 e. The number of benzene rings is 2. The minimum Gasteiger partial charge on any atom is -0.467 e. The van der Waals surface area contributed by atoms with E-state index in [1.165, 1.54) is 19.2 Å². The molecule has 2 heterocycles. The summed E-state index contributed by atoms with van der Waals surface area (Å²) in [4.78, 5) is 14.4. The van der Waals surface area contributed by atoms with Crippen LogP contribution in [0.1, 0.15) is 24.0 Å². The Morgan fingerprint density at radius 3 is 2.55 bits per heavy atom. The van der Waals surface area contributed by atoms with Crippen LogP contribution in [0.25, 0.3) is 0 Å². The number of rotatable bonds is 6. The molecule has 1 N–H and O–H groups in total. The number of piperidine rings is 1. The number of morpholine rings is 1. The molecule has 31 heavy (non-hydrogen) atoms. The van der Waals surface area contributed by atoms with E-state index >= 15 is 0 Å². The molecule has 2 atom stereocenters. The van der Waals surface area contributed by atoms with E-state index in [1.54, 1.807) is 11.0 Å². The lowest BCUT2D eigenvalue weighted by Crippen LogP contribution is -2.62. The van der Waals surface area contributed by atoms with Crippen molar-refractivity contribution in [3.8, 4) is 5.75 Å². The van der Waals surface area contributed by atoms with Gasteiger partial charge in [0.15, 0.2) is 6.79 Å². The van der Waals surface area contributed by atoms with Gasteiger partial charge in [-0.05, 0) is 17.7 Å². The van der Waals surface area contributed by atoms with Crippen LogP contribution in [0.5, 0.6) is 5.75 Å². The molecule has 2 aromatic rings. The number of hydrogen-bond donors (Lipinski definition) is 1. The van der Waals surface area contributed by atoms with Crippen molar-refractivity contribution < 1.29 is 33.2 Å². The standard InChI is InChI=1S/C23H26FNO6/c1-28-15-31-19-7-8-20(21(24)9-19)23(27)10-17-13-29-14-18(11-23)25(17)22(26)30-12-16-5-3-2-4-6-16/h2-9,17-18,27H,10-15H2,1H3. The summed E-state index contributed by atoms with van der Waals surface area (Å²) in [6.07, 6.45) is -0.147. The Bertz CT molecular complexity index is 894. The summed E-state index contributed by atoms with van der Waals surface area (Å²) in [6.45, 7) is 0.689. The lowest BCUT2D eigenvalue weighted by molar-refractivity contribution is -0.137. The Morgan fingerprint density at radius 1 is 1.19 bits per heavy atom. The molecule has 7 nitrogen and oxygen atoms in total. The van der Waals surface area contributed by atoms with Crippen molar-refractivity contribution in [2.75, 3.05) is 27.1 Å². The highest BCUT2D eigenvalue weighted by Crippen LogP contribution is 2.42. The first kappa shape index (κ1) is 21.5. The van der Waals surface area contributed by atoms with Crippen molar-refractivity contribution in [2.24, 2.45) is 0 Å². The third kappa shape index (κ3) is 4.66. The average Bonchev–Trinajstić information content (AvgIpc) is 2.76. The van der Waals surface area contributed by atoms with Gasteiger partial charge in [-0.15, -0.1) is 0 Å². The molecule has 2 aromatic carbocycles. The highest BCUT2D eigenvalue weighted by atomic mass is 19.1. The van der Waals surface area contributed by atoms with Crippen LogP contribution < -0.4 is 4.74 Å². The highest BCUT2D eigenvalue weighted by molar-refractivity contribution is 5.69. The van der Waals surface area contributed by atoms with Crippen LogP contribution in [0.4, 0.5) is 9.18 Å². The number of carbonyl (C=O) groups excluding carboxylic acids is 1. The Balaban J connectivity index is 1.48. The third-order valence-electron chi connectivity index (χ3n) is 5.76. The van der Waals surface area contributed by atoms with E-state index in [4.69, 9.17) is 18.9 Å². The molecule has 2 fully saturated rings. The SMILES string of the molecule is COCOc1ccc(C2(O)CC3COCC(C2)N3C(=O)OCc2ccccc2)c(F)c1. The van der Waals surface area contributed by atoms with E-state index in [9.17, 15) is 14.3 Å². The van der Waals surface area contributed by atoms with Gasteiger partial charge < -0.3 is 24.1 Å². The summed E-state index contributed by atoms with van der Waals surface area (Å²) in [5, 5.41) is 11.4. The Labute approximate surface area is 180 Å². The highest BCUT2D eigenvalue weighted by Gasteiger charge is 2.50. The number of ether oxygens (including phenoxy) is 4. The average molecular weight is 431 g/mol. The fourth-order valence-electron chi connectivity index (χ4n) is 4.38. The summed E-state index contributed by atoms with van der Waals surface area (Å²) in [6, 6.07) is 13.0. The molecule has 2 aliphatic heterocycles. The fraction of sp³-hybridized carbons (Fsp3) is 0.435. The van der Waals surface area contributed by atoms with Gasteiger partial charge in [0.2, 0.25) is 0 Å². The third-order valence-corrected chi connectivity index (χ3v) is 5.76. The lowest BCUT2D eigenvalue weighted by Gasteiger charge is -2.51. The van der Waals surface area contributed by atoms with E-state index in [2.05, 4.69) is 0 Å². The molecule has 4 rings (SSSR count). The van der Waals surface area contributed by atoms with E-state index in [1.807, 2.05) is 30.3 Å². The second-order valence-electron chi connectivity index (χ2n) is 7.92. The number of aliphatic hydroxyl groups is 1. The van der Waals surface area contributed by atoms with E-state index in [0.717, 1.165) is 5.56 Å². The minimum atomic E-state index is -1.42. The first-order valence-corrected chi connectivity index (χ1v) is 10.2. The molecule has 0 aliphatic carbocycles. The molecule has 2 bridgehead atoms. The first-order valence-electron chi connectivity index (χ1n) is 10.2. The Kier molecular flexibility index (Phi) is 6.41. The molecule has 2 aliphatic rings. The van der Waals surface area contributed by atoms with Gasteiger partial charge in [0.05, 0.1) is 30.9 Å². The summed E-state index contributed by atoms with van der Waals surface area (Å²) >= 11 is 0. The molecule has 2 unspecified atom stereocenters. The molecular formula is C23H26FNO6. The number of hydrogen-bond acceptors (Lipinski definition) is 6. The lowest BCUT2D eigenvalue weighted by atomic mass is 9.77. The molecule has 0 aromatic heterocycles. The van der Waals surface area contributed by atoms with E-state index in [-0.39, 0.29) is 45.0 Å². The predicted octanol–water partition coefficient (Wildman–Crippen LogP) is 3.20. The zero-order chi connectivity index (χ0) is 21.8. The fourth-order valence-corrected chi connectivity index (χ4v) is 4.38. The molecule has 2 saturated heterocycles. The van der Waals surface area contributed by atoms with Crippen molar-refractivity contribution in [1.29, 1.82) is 0 Å². The number of carbonyl (C=O) groups is 1. The predicted molar refractivity (Wildman–Crippen MR) is 109 cm³/mol. The monoisotopic (exact) mass is 431 g/mol. The normalized spacial score (nSPS) is 25.2. The van der Waals surface area contributed by atoms with E-state index < -0.39 is 29.6 Å². The van der Waals surface area contributed by atoms with Crippen LogP contribution in [-0.2, 0) is 26.4 Å². The second-order valence-corrected chi connectivity index (χ2v) is 7.92. The number of fused-ring (bicyclic) bond motifs is 2. The van der Waals surface area contributed by atoms with Crippen molar-refractivity contribution in [3.63, 3.8) is 0 Å². The maximum absolute atomic E-state index is 14.8. The van der Waals surface area contributed by atoms with Crippen molar-refractivity contribution >= 4 is 6.09 Å². The van der Waals surface area contributed by atoms with Crippen LogP contribution >= 0.6 is 0 Å². The maximum Gasteiger partial charge on any atom is 0.410 e. The van der Waals surface area contributed by atoms with Crippen LogP contribution in [0.3, 0.4) is 0 Å². The van der Waals surface area contributed by atoms with Crippen LogP contribution in [-0.4, -0.2) is 55.3 Å². The van der Waals surface area contributed by atoms with Gasteiger partial charge in [0.25, 0.3) is 0 Å². The summed E-state index contributed by atoms with van der Waals surface area (Å²) < 4.78 is 36.0. The van der Waals surface area contributed by atoms with Gasteiger partial charge in [-0.1, -0.05) is 30.3 Å². The summed E-state index contributed by atoms with van der Waals surface area (Å²) in [5.74, 6) is -0.243. The number of nitrogens with zero attached hydrogens (tertiary/aromatic N) is 1. The van der Waals surface area contributed by atoms with Gasteiger partial charge in [0.1, 0.15) is 18.2 Å². The van der Waals surface area contributed by atoms with Crippen LogP contribution in [0, 0.1) is 5.82 Å². The van der Waals surface area contributed by atoms with Gasteiger partial charge in [-0.25, -0.2) is 9.18 Å². The number of methoxy groups -OCH3 is 1. The molecular weight excluding hydrogens is 405 g/mol. The molecule has 1 amide bonds.